The summed E-state index contributed by atoms with van der Waals surface area (Å²) >= 11 is 0. The predicted octanol–water partition coefficient (Wildman–Crippen LogP) is 3.47. The highest BCUT2D eigenvalue weighted by Crippen LogP contribution is 2.28. The predicted molar refractivity (Wildman–Crippen MR) is 67.2 cm³/mol. The Morgan fingerprint density at radius 2 is 1.95 bits per heavy atom. The van der Waals surface area contributed by atoms with Gasteiger partial charge >= 0.3 is 12.5 Å². The molecule has 1 aromatic heterocycles. The van der Waals surface area contributed by atoms with Crippen molar-refractivity contribution in [1.29, 1.82) is 0 Å². The third kappa shape index (κ3) is 3.54. The van der Waals surface area contributed by atoms with Crippen molar-refractivity contribution in [2.75, 3.05) is 5.32 Å². The monoisotopic (exact) mass is 318 g/mol. The van der Waals surface area contributed by atoms with Crippen LogP contribution in [0.4, 0.5) is 23.2 Å². The van der Waals surface area contributed by atoms with Gasteiger partial charge in [0, 0.05) is 5.69 Å². The topological polar surface area (TPSA) is 64.4 Å². The number of carbonyl (C=O) groups excluding carboxylic acids is 1. The van der Waals surface area contributed by atoms with Gasteiger partial charge in [-0.3, -0.25) is 4.79 Å². The molecular weight excluding hydrogens is 308 g/mol. The Labute approximate surface area is 121 Å². The van der Waals surface area contributed by atoms with Crippen LogP contribution in [-0.2, 0) is 0 Å². The number of alkyl halides is 4. The normalized spacial score (nSPS) is 11.5. The lowest BCUT2D eigenvalue weighted by molar-refractivity contribution is -0.253. The molecule has 2 aromatic rings. The molecule has 0 aliphatic rings. The molecule has 1 aromatic carbocycles. The standard InChI is InChI=1S/C13H10F4N2O3/c1-7-10(6-18-22-7)11(20)19-8-2-4-9(5-3-8)21-13(16,17)12(14)15/h2-6,12H,1H3,(H,19,20). The number of ether oxygens (including phenoxy) is 1. The molecule has 0 unspecified atom stereocenters. The van der Waals surface area contributed by atoms with Crippen LogP contribution in [0, 0.1) is 6.92 Å². The molecule has 0 saturated carbocycles. The summed E-state index contributed by atoms with van der Waals surface area (Å²) in [6, 6.07) is 4.54. The number of amides is 1. The van der Waals surface area contributed by atoms with Crippen molar-refractivity contribution in [3.8, 4) is 5.75 Å². The first-order valence-corrected chi connectivity index (χ1v) is 5.97. The fourth-order valence-electron chi connectivity index (χ4n) is 1.52. The third-order valence-electron chi connectivity index (χ3n) is 2.62. The minimum Gasteiger partial charge on any atom is -0.428 e. The van der Waals surface area contributed by atoms with Crippen LogP contribution in [0.5, 0.6) is 5.75 Å². The van der Waals surface area contributed by atoms with Gasteiger partial charge in [-0.1, -0.05) is 5.16 Å². The van der Waals surface area contributed by atoms with Crippen molar-refractivity contribution in [2.24, 2.45) is 0 Å². The van der Waals surface area contributed by atoms with Crippen LogP contribution in [0.1, 0.15) is 16.1 Å². The molecule has 0 aliphatic heterocycles. The van der Waals surface area contributed by atoms with Crippen LogP contribution < -0.4 is 10.1 Å². The van der Waals surface area contributed by atoms with Gasteiger partial charge in [0.15, 0.2) is 0 Å². The Balaban J connectivity index is 2.04. The molecule has 2 rings (SSSR count). The highest BCUT2D eigenvalue weighted by molar-refractivity contribution is 6.04. The van der Waals surface area contributed by atoms with Gasteiger partial charge in [-0.05, 0) is 31.2 Å². The third-order valence-corrected chi connectivity index (χ3v) is 2.62. The minimum absolute atomic E-state index is 0.213. The van der Waals surface area contributed by atoms with Gasteiger partial charge in [0.2, 0.25) is 0 Å². The first kappa shape index (κ1) is 15.8. The zero-order valence-electron chi connectivity index (χ0n) is 11.1. The molecule has 9 heteroatoms. The van der Waals surface area contributed by atoms with E-state index in [0.717, 1.165) is 12.1 Å². The van der Waals surface area contributed by atoms with Gasteiger partial charge in [0.05, 0.1) is 6.20 Å². The molecule has 1 N–H and O–H groups in total. The highest BCUT2D eigenvalue weighted by atomic mass is 19.3. The SMILES string of the molecule is Cc1oncc1C(=O)Nc1ccc(OC(F)(F)C(F)F)cc1. The van der Waals surface area contributed by atoms with Crippen LogP contribution in [0.3, 0.4) is 0 Å². The lowest BCUT2D eigenvalue weighted by Gasteiger charge is -2.16. The number of halogens is 4. The number of benzene rings is 1. The summed E-state index contributed by atoms with van der Waals surface area (Å²) < 4.78 is 58.1. The Morgan fingerprint density at radius 1 is 1.32 bits per heavy atom. The van der Waals surface area contributed by atoms with Crippen LogP contribution in [0.15, 0.2) is 35.0 Å². The molecular formula is C13H10F4N2O3. The molecule has 0 atom stereocenters. The average molecular weight is 318 g/mol. The summed E-state index contributed by atoms with van der Waals surface area (Å²) in [6.07, 6.45) is -7.29. The van der Waals surface area contributed by atoms with E-state index in [2.05, 4.69) is 15.2 Å². The van der Waals surface area contributed by atoms with E-state index in [1.807, 2.05) is 0 Å². The smallest absolute Gasteiger partial charge is 0.428 e. The van der Waals surface area contributed by atoms with E-state index in [9.17, 15) is 22.4 Å². The maximum atomic E-state index is 12.7. The Bertz CT molecular complexity index is 656. The van der Waals surface area contributed by atoms with E-state index in [0.29, 0.717) is 5.76 Å². The maximum Gasteiger partial charge on any atom is 0.461 e. The van der Waals surface area contributed by atoms with E-state index in [4.69, 9.17) is 4.52 Å². The van der Waals surface area contributed by atoms with Crippen molar-refractivity contribution >= 4 is 11.6 Å². The molecule has 0 bridgehead atoms. The van der Waals surface area contributed by atoms with Crippen molar-refractivity contribution in [3.63, 3.8) is 0 Å². The van der Waals surface area contributed by atoms with Crippen LogP contribution in [-0.4, -0.2) is 23.6 Å². The van der Waals surface area contributed by atoms with E-state index in [1.54, 1.807) is 6.92 Å². The molecule has 5 nitrogen and oxygen atoms in total. The van der Waals surface area contributed by atoms with Gasteiger partial charge < -0.3 is 14.6 Å². The number of carbonyl (C=O) groups is 1. The summed E-state index contributed by atoms with van der Waals surface area (Å²) in [6.45, 7) is 1.55. The number of hydrogen-bond donors (Lipinski definition) is 1. The van der Waals surface area contributed by atoms with Gasteiger partial charge in [-0.2, -0.15) is 17.6 Å². The average Bonchev–Trinajstić information content (AvgIpc) is 2.87. The first-order chi connectivity index (χ1) is 10.3. The number of nitrogens with zero attached hydrogens (tertiary/aromatic N) is 1. The second-order valence-corrected chi connectivity index (χ2v) is 4.24. The molecule has 1 amide bonds. The summed E-state index contributed by atoms with van der Waals surface area (Å²) in [5, 5.41) is 5.91. The van der Waals surface area contributed by atoms with E-state index in [1.165, 1.54) is 18.3 Å². The van der Waals surface area contributed by atoms with Gasteiger partial charge in [-0.25, -0.2) is 0 Å². The molecule has 0 aliphatic carbocycles. The fraction of sp³-hybridized carbons (Fsp3) is 0.231. The number of aryl methyl sites for hydroxylation is 1. The van der Waals surface area contributed by atoms with Gasteiger partial charge in [-0.15, -0.1) is 0 Å². The largest absolute Gasteiger partial charge is 0.461 e. The molecule has 118 valence electrons. The number of anilines is 1. The maximum absolute atomic E-state index is 12.7. The molecule has 1 heterocycles. The molecule has 22 heavy (non-hydrogen) atoms. The number of nitrogens with one attached hydrogen (secondary N) is 1. The van der Waals surface area contributed by atoms with Crippen molar-refractivity contribution < 1.29 is 31.6 Å². The second-order valence-electron chi connectivity index (χ2n) is 4.24. The minimum atomic E-state index is -4.58. The van der Waals surface area contributed by atoms with Crippen molar-refractivity contribution in [2.45, 2.75) is 19.5 Å². The van der Waals surface area contributed by atoms with E-state index >= 15 is 0 Å². The van der Waals surface area contributed by atoms with Crippen molar-refractivity contribution in [1.82, 2.24) is 5.16 Å². The summed E-state index contributed by atoms with van der Waals surface area (Å²) in [5.41, 5.74) is 0.475. The van der Waals surface area contributed by atoms with Crippen LogP contribution in [0.2, 0.25) is 0 Å². The summed E-state index contributed by atoms with van der Waals surface area (Å²) in [5.74, 6) is -0.649. The number of hydrogen-bond acceptors (Lipinski definition) is 4. The van der Waals surface area contributed by atoms with Gasteiger partial charge in [0.1, 0.15) is 17.1 Å². The molecule has 0 saturated heterocycles. The highest BCUT2D eigenvalue weighted by Gasteiger charge is 2.43. The van der Waals surface area contributed by atoms with Crippen LogP contribution in [0.25, 0.3) is 0 Å². The molecule has 0 spiro atoms. The van der Waals surface area contributed by atoms with Crippen LogP contribution >= 0.6 is 0 Å². The summed E-state index contributed by atoms with van der Waals surface area (Å²) in [7, 11) is 0. The first-order valence-electron chi connectivity index (χ1n) is 5.97. The Kier molecular flexibility index (Phi) is 4.34. The lowest BCUT2D eigenvalue weighted by atomic mass is 10.2. The fourth-order valence-corrected chi connectivity index (χ4v) is 1.52. The Morgan fingerprint density at radius 3 is 2.45 bits per heavy atom. The quantitative estimate of drug-likeness (QED) is 0.857. The molecule has 0 fully saturated rings. The zero-order valence-corrected chi connectivity index (χ0v) is 11.1. The zero-order chi connectivity index (χ0) is 16.3. The van der Waals surface area contributed by atoms with Crippen molar-refractivity contribution in [3.05, 3.63) is 41.8 Å². The Hall–Kier alpha value is -2.58. The summed E-state index contributed by atoms with van der Waals surface area (Å²) in [4.78, 5) is 11.8. The number of rotatable bonds is 5. The molecule has 0 radical (unpaired) electrons. The van der Waals surface area contributed by atoms with E-state index < -0.39 is 24.2 Å². The number of aromatic nitrogens is 1. The second kappa shape index (κ2) is 6.04. The lowest BCUT2D eigenvalue weighted by Crippen LogP contribution is -2.33. The van der Waals surface area contributed by atoms with Gasteiger partial charge in [0.25, 0.3) is 5.91 Å². The van der Waals surface area contributed by atoms with E-state index in [-0.39, 0.29) is 11.3 Å².